The maximum absolute atomic E-state index is 5.51. The number of H-pyrrole nitrogens is 1. The third kappa shape index (κ3) is 2.31. The molecule has 0 saturated carbocycles. The van der Waals surface area contributed by atoms with Crippen molar-refractivity contribution in [1.29, 1.82) is 0 Å². The predicted octanol–water partition coefficient (Wildman–Crippen LogP) is 1.66. The topological polar surface area (TPSA) is 63.7 Å². The monoisotopic (exact) mass is 204 g/mol. The SMILES string of the molecule is CCCOc1cccc(-c2nn[nH]n2)c1. The van der Waals surface area contributed by atoms with Gasteiger partial charge in [0.1, 0.15) is 5.75 Å². The molecule has 0 spiro atoms. The molecule has 1 aromatic carbocycles. The molecule has 0 aliphatic carbocycles. The molecule has 0 aliphatic rings. The maximum atomic E-state index is 5.51. The molecule has 2 aromatic rings. The van der Waals surface area contributed by atoms with Crippen LogP contribution < -0.4 is 4.74 Å². The van der Waals surface area contributed by atoms with E-state index < -0.39 is 0 Å². The van der Waals surface area contributed by atoms with Gasteiger partial charge in [-0.05, 0) is 23.8 Å². The van der Waals surface area contributed by atoms with Crippen molar-refractivity contribution in [2.75, 3.05) is 6.61 Å². The van der Waals surface area contributed by atoms with Gasteiger partial charge in [0.15, 0.2) is 0 Å². The number of rotatable bonds is 4. The highest BCUT2D eigenvalue weighted by Crippen LogP contribution is 2.19. The molecule has 1 heterocycles. The van der Waals surface area contributed by atoms with Gasteiger partial charge in [0.05, 0.1) is 6.61 Å². The van der Waals surface area contributed by atoms with Crippen LogP contribution in [0.1, 0.15) is 13.3 Å². The van der Waals surface area contributed by atoms with E-state index >= 15 is 0 Å². The van der Waals surface area contributed by atoms with Crippen molar-refractivity contribution in [2.24, 2.45) is 0 Å². The summed E-state index contributed by atoms with van der Waals surface area (Å²) in [6.07, 6.45) is 0.992. The first-order valence-corrected chi connectivity index (χ1v) is 4.87. The van der Waals surface area contributed by atoms with Gasteiger partial charge in [-0.1, -0.05) is 19.1 Å². The molecule has 0 bridgehead atoms. The quantitative estimate of drug-likeness (QED) is 0.822. The van der Waals surface area contributed by atoms with Gasteiger partial charge in [-0.3, -0.25) is 0 Å². The normalized spacial score (nSPS) is 10.2. The third-order valence-electron chi connectivity index (χ3n) is 1.91. The predicted molar refractivity (Wildman–Crippen MR) is 55.4 cm³/mol. The van der Waals surface area contributed by atoms with Gasteiger partial charge >= 0.3 is 0 Å². The van der Waals surface area contributed by atoms with E-state index in [1.807, 2.05) is 24.3 Å². The molecule has 2 rings (SSSR count). The van der Waals surface area contributed by atoms with Gasteiger partial charge < -0.3 is 4.74 Å². The fourth-order valence-electron chi connectivity index (χ4n) is 1.23. The Morgan fingerprint density at radius 2 is 2.33 bits per heavy atom. The highest BCUT2D eigenvalue weighted by molar-refractivity contribution is 5.56. The number of hydrogen-bond acceptors (Lipinski definition) is 4. The van der Waals surface area contributed by atoms with E-state index in [1.165, 1.54) is 0 Å². The van der Waals surface area contributed by atoms with Crippen molar-refractivity contribution in [3.05, 3.63) is 24.3 Å². The van der Waals surface area contributed by atoms with Gasteiger partial charge in [-0.25, -0.2) is 0 Å². The van der Waals surface area contributed by atoms with E-state index in [4.69, 9.17) is 4.74 Å². The molecule has 0 amide bonds. The molecular weight excluding hydrogens is 192 g/mol. The minimum Gasteiger partial charge on any atom is -0.494 e. The van der Waals surface area contributed by atoms with Crippen molar-refractivity contribution in [3.63, 3.8) is 0 Å². The number of tetrazole rings is 1. The van der Waals surface area contributed by atoms with E-state index in [0.717, 1.165) is 24.3 Å². The van der Waals surface area contributed by atoms with Crippen molar-refractivity contribution >= 4 is 0 Å². The summed E-state index contributed by atoms with van der Waals surface area (Å²) in [7, 11) is 0. The number of nitrogens with one attached hydrogen (secondary N) is 1. The highest BCUT2D eigenvalue weighted by atomic mass is 16.5. The van der Waals surface area contributed by atoms with Crippen molar-refractivity contribution < 1.29 is 4.74 Å². The highest BCUT2D eigenvalue weighted by Gasteiger charge is 2.03. The Morgan fingerprint density at radius 3 is 3.07 bits per heavy atom. The summed E-state index contributed by atoms with van der Waals surface area (Å²) in [5, 5.41) is 13.7. The summed E-state index contributed by atoms with van der Waals surface area (Å²) in [6, 6.07) is 7.65. The molecule has 0 fully saturated rings. The van der Waals surface area contributed by atoms with Crippen LogP contribution in [0.2, 0.25) is 0 Å². The number of benzene rings is 1. The lowest BCUT2D eigenvalue weighted by Gasteiger charge is -2.04. The van der Waals surface area contributed by atoms with E-state index in [-0.39, 0.29) is 0 Å². The summed E-state index contributed by atoms with van der Waals surface area (Å²) >= 11 is 0. The summed E-state index contributed by atoms with van der Waals surface area (Å²) in [5.41, 5.74) is 0.900. The number of aromatic nitrogens is 4. The van der Waals surface area contributed by atoms with Crippen LogP contribution in [0.4, 0.5) is 0 Å². The van der Waals surface area contributed by atoms with Crippen LogP contribution in [0.15, 0.2) is 24.3 Å². The van der Waals surface area contributed by atoms with E-state index in [2.05, 4.69) is 27.5 Å². The van der Waals surface area contributed by atoms with Crippen LogP contribution in [0, 0.1) is 0 Å². The molecule has 0 saturated heterocycles. The Kier molecular flexibility index (Phi) is 2.92. The number of hydrogen-bond donors (Lipinski definition) is 1. The van der Waals surface area contributed by atoms with Gasteiger partial charge in [0, 0.05) is 5.56 Å². The maximum Gasteiger partial charge on any atom is 0.204 e. The number of aromatic amines is 1. The average molecular weight is 204 g/mol. The van der Waals surface area contributed by atoms with Crippen molar-refractivity contribution in [1.82, 2.24) is 20.6 Å². The second kappa shape index (κ2) is 4.54. The summed E-state index contributed by atoms with van der Waals surface area (Å²) in [5.74, 6) is 1.41. The molecule has 5 heteroatoms. The molecule has 1 aromatic heterocycles. The molecular formula is C10H12N4O. The Labute approximate surface area is 87.5 Å². The minimum absolute atomic E-state index is 0.581. The molecule has 15 heavy (non-hydrogen) atoms. The Hall–Kier alpha value is -1.91. The number of ether oxygens (including phenoxy) is 1. The molecule has 78 valence electrons. The Bertz CT molecular complexity index is 413. The van der Waals surface area contributed by atoms with Gasteiger partial charge in [-0.15, -0.1) is 10.2 Å². The van der Waals surface area contributed by atoms with Crippen LogP contribution in [-0.4, -0.2) is 27.2 Å². The van der Waals surface area contributed by atoms with Crippen LogP contribution in [0.5, 0.6) is 5.75 Å². The van der Waals surface area contributed by atoms with Gasteiger partial charge in [0.2, 0.25) is 5.82 Å². The van der Waals surface area contributed by atoms with E-state index in [0.29, 0.717) is 5.82 Å². The first-order chi connectivity index (χ1) is 7.40. The molecule has 0 aliphatic heterocycles. The summed E-state index contributed by atoms with van der Waals surface area (Å²) < 4.78 is 5.51. The first-order valence-electron chi connectivity index (χ1n) is 4.87. The standard InChI is InChI=1S/C10H12N4O/c1-2-6-15-9-5-3-4-8(7-9)10-11-13-14-12-10/h3-5,7H,2,6H2,1H3,(H,11,12,13,14). The Morgan fingerprint density at radius 1 is 1.40 bits per heavy atom. The van der Waals surface area contributed by atoms with Gasteiger partial charge in [-0.2, -0.15) is 5.21 Å². The zero-order valence-corrected chi connectivity index (χ0v) is 8.47. The second-order valence-electron chi connectivity index (χ2n) is 3.11. The lowest BCUT2D eigenvalue weighted by Crippen LogP contribution is -1.94. The van der Waals surface area contributed by atoms with Crippen LogP contribution >= 0.6 is 0 Å². The second-order valence-corrected chi connectivity index (χ2v) is 3.11. The fourth-order valence-corrected chi connectivity index (χ4v) is 1.23. The van der Waals surface area contributed by atoms with Crippen LogP contribution in [0.3, 0.4) is 0 Å². The Balaban J connectivity index is 2.19. The molecule has 0 radical (unpaired) electrons. The molecule has 0 unspecified atom stereocenters. The fraction of sp³-hybridized carbons (Fsp3) is 0.300. The third-order valence-corrected chi connectivity index (χ3v) is 1.91. The zero-order valence-electron chi connectivity index (χ0n) is 8.47. The smallest absolute Gasteiger partial charge is 0.204 e. The van der Waals surface area contributed by atoms with Gasteiger partial charge in [0.25, 0.3) is 0 Å². The lowest BCUT2D eigenvalue weighted by molar-refractivity contribution is 0.317. The molecule has 0 atom stereocenters. The minimum atomic E-state index is 0.581. The molecule has 1 N–H and O–H groups in total. The van der Waals surface area contributed by atoms with Crippen LogP contribution in [0.25, 0.3) is 11.4 Å². The van der Waals surface area contributed by atoms with Crippen molar-refractivity contribution in [2.45, 2.75) is 13.3 Å². The molecule has 5 nitrogen and oxygen atoms in total. The largest absolute Gasteiger partial charge is 0.494 e. The number of nitrogens with zero attached hydrogens (tertiary/aromatic N) is 3. The average Bonchev–Trinajstić information content (AvgIpc) is 2.80. The van der Waals surface area contributed by atoms with E-state index in [1.54, 1.807) is 0 Å². The summed E-state index contributed by atoms with van der Waals surface area (Å²) in [4.78, 5) is 0. The van der Waals surface area contributed by atoms with Crippen molar-refractivity contribution in [3.8, 4) is 17.1 Å². The zero-order chi connectivity index (χ0) is 10.5. The summed E-state index contributed by atoms with van der Waals surface area (Å²) in [6.45, 7) is 2.79. The lowest BCUT2D eigenvalue weighted by atomic mass is 10.2. The van der Waals surface area contributed by atoms with Crippen LogP contribution in [-0.2, 0) is 0 Å². The first kappa shape index (κ1) is 9.64. The van der Waals surface area contributed by atoms with E-state index in [9.17, 15) is 0 Å².